The molecule has 2 aromatic rings. The molecule has 2 aromatic carbocycles. The number of hydrogen-bond donors (Lipinski definition) is 0. The second kappa shape index (κ2) is 6.85. The minimum Gasteiger partial charge on any atom is -0.274 e. The highest BCUT2D eigenvalue weighted by atomic mass is 35.5. The van der Waals surface area contributed by atoms with Gasteiger partial charge in [0.2, 0.25) is 11.8 Å². The summed E-state index contributed by atoms with van der Waals surface area (Å²) < 4.78 is 0. The summed E-state index contributed by atoms with van der Waals surface area (Å²) in [5.41, 5.74) is 4.95. The van der Waals surface area contributed by atoms with E-state index in [0.29, 0.717) is 5.70 Å². The fourth-order valence-corrected chi connectivity index (χ4v) is 3.59. The third kappa shape index (κ3) is 3.24. The van der Waals surface area contributed by atoms with E-state index < -0.39 is 0 Å². The average molecular weight is 354 g/mol. The van der Waals surface area contributed by atoms with Gasteiger partial charge in [-0.1, -0.05) is 54.1 Å². The van der Waals surface area contributed by atoms with Gasteiger partial charge in [0.15, 0.2) is 0 Å². The number of imide groups is 1. The molecule has 0 aromatic heterocycles. The second-order valence-corrected chi connectivity index (χ2v) is 6.75. The molecule has 0 bridgehead atoms. The predicted molar refractivity (Wildman–Crippen MR) is 100 cm³/mol. The monoisotopic (exact) mass is 353 g/mol. The quantitative estimate of drug-likeness (QED) is 0.768. The van der Waals surface area contributed by atoms with Crippen LogP contribution in [0.15, 0.2) is 48.5 Å². The number of halogens is 1. The highest BCUT2D eigenvalue weighted by molar-refractivity contribution is 6.31. The van der Waals surface area contributed by atoms with Crippen LogP contribution in [0.5, 0.6) is 0 Å². The van der Waals surface area contributed by atoms with Crippen molar-refractivity contribution in [3.63, 3.8) is 0 Å². The van der Waals surface area contributed by atoms with E-state index in [2.05, 4.69) is 12.1 Å². The Hall–Kier alpha value is -2.39. The van der Waals surface area contributed by atoms with Crippen molar-refractivity contribution in [2.24, 2.45) is 0 Å². The van der Waals surface area contributed by atoms with Crippen LogP contribution in [0, 0.1) is 6.92 Å². The number of allylic oxidation sites excluding steroid dienone is 1. The molecule has 0 N–H and O–H groups in total. The van der Waals surface area contributed by atoms with Crippen LogP contribution in [0.3, 0.4) is 0 Å². The molecule has 0 fully saturated rings. The normalized spacial score (nSPS) is 16.0. The summed E-state index contributed by atoms with van der Waals surface area (Å²) in [6.45, 7) is 4.83. The zero-order valence-corrected chi connectivity index (χ0v) is 15.3. The van der Waals surface area contributed by atoms with Gasteiger partial charge in [-0.2, -0.15) is 0 Å². The first-order chi connectivity index (χ1) is 11.9. The van der Waals surface area contributed by atoms with Gasteiger partial charge < -0.3 is 0 Å². The highest BCUT2D eigenvalue weighted by Gasteiger charge is 2.28. The van der Waals surface area contributed by atoms with E-state index in [0.717, 1.165) is 28.1 Å². The SMILES string of the molecule is CC(=O)N(C(C)=O)C1=CC[C@@H](c2ccc(Cl)c(C)c2)c2ccccc21. The summed E-state index contributed by atoms with van der Waals surface area (Å²) in [5, 5.41) is 0.753. The van der Waals surface area contributed by atoms with Crippen molar-refractivity contribution in [2.75, 3.05) is 0 Å². The number of fused-ring (bicyclic) bond motifs is 1. The first-order valence-corrected chi connectivity index (χ1v) is 8.64. The summed E-state index contributed by atoms with van der Waals surface area (Å²) in [6.07, 6.45) is 2.71. The molecule has 0 spiro atoms. The van der Waals surface area contributed by atoms with Crippen LogP contribution >= 0.6 is 11.6 Å². The van der Waals surface area contributed by atoms with Crippen LogP contribution in [0.1, 0.15) is 48.4 Å². The Bertz CT molecular complexity index is 871. The molecule has 1 aliphatic carbocycles. The lowest BCUT2D eigenvalue weighted by atomic mass is 9.80. The fraction of sp³-hybridized carbons (Fsp3) is 0.238. The van der Waals surface area contributed by atoms with Crippen LogP contribution < -0.4 is 0 Å². The van der Waals surface area contributed by atoms with Gasteiger partial charge in [0.05, 0.1) is 5.70 Å². The number of carbonyl (C=O) groups is 2. The highest BCUT2D eigenvalue weighted by Crippen LogP contribution is 2.40. The summed E-state index contributed by atoms with van der Waals surface area (Å²) >= 11 is 6.16. The van der Waals surface area contributed by atoms with Gasteiger partial charge in [0.25, 0.3) is 0 Å². The van der Waals surface area contributed by atoms with E-state index >= 15 is 0 Å². The molecule has 2 amide bonds. The van der Waals surface area contributed by atoms with Crippen LogP contribution in [-0.2, 0) is 9.59 Å². The standard InChI is InChI=1S/C21H20ClNO2/c1-13-12-16(8-10-20(13)22)17-9-11-21(23(14(2)24)15(3)25)19-7-5-4-6-18(17)19/h4-8,10-12,17H,9H2,1-3H3/t17-/m0/s1. The predicted octanol–water partition coefficient (Wildman–Crippen LogP) is 4.92. The van der Waals surface area contributed by atoms with Crippen molar-refractivity contribution >= 4 is 29.1 Å². The van der Waals surface area contributed by atoms with Crippen LogP contribution in [0.25, 0.3) is 5.70 Å². The minimum absolute atomic E-state index is 0.177. The molecule has 0 saturated carbocycles. The zero-order valence-electron chi connectivity index (χ0n) is 14.5. The molecule has 0 radical (unpaired) electrons. The lowest BCUT2D eigenvalue weighted by Gasteiger charge is -2.30. The molecule has 0 heterocycles. The van der Waals surface area contributed by atoms with Crippen molar-refractivity contribution in [2.45, 2.75) is 33.1 Å². The number of rotatable bonds is 2. The van der Waals surface area contributed by atoms with Crippen LogP contribution in [0.2, 0.25) is 5.02 Å². The van der Waals surface area contributed by atoms with Gasteiger partial charge in [-0.25, -0.2) is 0 Å². The van der Waals surface area contributed by atoms with E-state index in [9.17, 15) is 9.59 Å². The Balaban J connectivity index is 2.10. The molecule has 3 rings (SSSR count). The Kier molecular flexibility index (Phi) is 4.78. The van der Waals surface area contributed by atoms with E-state index in [1.807, 2.05) is 43.3 Å². The van der Waals surface area contributed by atoms with Gasteiger partial charge in [-0.15, -0.1) is 0 Å². The maximum Gasteiger partial charge on any atom is 0.230 e. The molecule has 1 aliphatic rings. The van der Waals surface area contributed by atoms with Crippen molar-refractivity contribution in [3.05, 3.63) is 75.8 Å². The molecule has 0 aliphatic heterocycles. The lowest BCUT2D eigenvalue weighted by molar-refractivity contribution is -0.137. The molecule has 3 nitrogen and oxygen atoms in total. The topological polar surface area (TPSA) is 37.4 Å². The van der Waals surface area contributed by atoms with E-state index in [-0.39, 0.29) is 17.7 Å². The molecule has 25 heavy (non-hydrogen) atoms. The molecular weight excluding hydrogens is 334 g/mol. The van der Waals surface area contributed by atoms with Crippen LogP contribution in [0.4, 0.5) is 0 Å². The number of hydrogen-bond acceptors (Lipinski definition) is 2. The van der Waals surface area contributed by atoms with Crippen LogP contribution in [-0.4, -0.2) is 16.7 Å². The van der Waals surface area contributed by atoms with Gasteiger partial charge in [-0.05, 0) is 36.1 Å². The maximum atomic E-state index is 12.0. The van der Waals surface area contributed by atoms with Crippen molar-refractivity contribution < 1.29 is 9.59 Å². The smallest absolute Gasteiger partial charge is 0.230 e. The number of amides is 2. The van der Waals surface area contributed by atoms with Crippen molar-refractivity contribution in [1.29, 1.82) is 0 Å². The Labute approximate surface area is 152 Å². The van der Waals surface area contributed by atoms with Gasteiger partial charge >= 0.3 is 0 Å². The van der Waals surface area contributed by atoms with Crippen molar-refractivity contribution in [3.8, 4) is 0 Å². The summed E-state index contributed by atoms with van der Waals surface area (Å²) in [4.78, 5) is 25.2. The number of nitrogens with zero attached hydrogens (tertiary/aromatic N) is 1. The number of aryl methyl sites for hydroxylation is 1. The summed E-state index contributed by atoms with van der Waals surface area (Å²) in [7, 11) is 0. The molecule has 0 unspecified atom stereocenters. The first kappa shape index (κ1) is 17.4. The third-order valence-corrected chi connectivity index (χ3v) is 5.04. The van der Waals surface area contributed by atoms with Gasteiger partial charge in [-0.3, -0.25) is 14.5 Å². The molecule has 1 atom stereocenters. The van der Waals surface area contributed by atoms with Crippen molar-refractivity contribution in [1.82, 2.24) is 4.90 Å². The van der Waals surface area contributed by atoms with Gasteiger partial charge in [0, 0.05) is 30.4 Å². The van der Waals surface area contributed by atoms with E-state index in [1.165, 1.54) is 24.3 Å². The summed E-state index contributed by atoms with van der Waals surface area (Å²) in [5.74, 6) is -0.361. The Morgan fingerprint density at radius 1 is 1.08 bits per heavy atom. The third-order valence-electron chi connectivity index (χ3n) is 4.61. The lowest BCUT2D eigenvalue weighted by Crippen LogP contribution is -2.33. The zero-order chi connectivity index (χ0) is 18.1. The largest absolute Gasteiger partial charge is 0.274 e. The number of carbonyl (C=O) groups excluding carboxylic acids is 2. The minimum atomic E-state index is -0.269. The molecule has 4 heteroatoms. The molecule has 128 valence electrons. The molecule has 0 saturated heterocycles. The molecular formula is C21H20ClNO2. The fourth-order valence-electron chi connectivity index (χ4n) is 3.47. The Morgan fingerprint density at radius 3 is 2.40 bits per heavy atom. The average Bonchev–Trinajstić information content (AvgIpc) is 2.57. The second-order valence-electron chi connectivity index (χ2n) is 6.35. The Morgan fingerprint density at radius 2 is 1.76 bits per heavy atom. The number of benzene rings is 2. The summed E-state index contributed by atoms with van der Waals surface area (Å²) in [6, 6.07) is 14.0. The maximum absolute atomic E-state index is 12.0. The first-order valence-electron chi connectivity index (χ1n) is 8.27. The van der Waals surface area contributed by atoms with Gasteiger partial charge in [0.1, 0.15) is 0 Å². The van der Waals surface area contributed by atoms with E-state index in [1.54, 1.807) is 0 Å². The van der Waals surface area contributed by atoms with E-state index in [4.69, 9.17) is 11.6 Å².